The molecule has 0 spiro atoms. The van der Waals surface area contributed by atoms with Gasteiger partial charge in [-0.3, -0.25) is 0 Å². The van der Waals surface area contributed by atoms with Crippen LogP contribution in [0.15, 0.2) is 78.2 Å². The molecule has 0 amide bonds. The van der Waals surface area contributed by atoms with Crippen LogP contribution in [0, 0.1) is 0 Å². The maximum atomic E-state index is 10.3. The summed E-state index contributed by atoms with van der Waals surface area (Å²) in [5.41, 5.74) is 1.14. The number of aliphatic hydroxyl groups is 1. The van der Waals surface area contributed by atoms with Crippen LogP contribution < -0.4 is 0 Å². The van der Waals surface area contributed by atoms with Crippen molar-refractivity contribution in [1.82, 2.24) is 0 Å². The van der Waals surface area contributed by atoms with Crippen molar-refractivity contribution in [3.63, 3.8) is 0 Å². The number of thioether (sulfide) groups is 1. The van der Waals surface area contributed by atoms with Gasteiger partial charge in [0.25, 0.3) is 0 Å². The van der Waals surface area contributed by atoms with Gasteiger partial charge in [0.05, 0.1) is 11.4 Å². The van der Waals surface area contributed by atoms with E-state index in [-0.39, 0.29) is 5.25 Å². The van der Waals surface area contributed by atoms with E-state index in [0.29, 0.717) is 6.42 Å². The van der Waals surface area contributed by atoms with Crippen LogP contribution in [0.1, 0.15) is 17.2 Å². The molecule has 98 valence electrons. The largest absolute Gasteiger partial charge is 0.391 e. The lowest BCUT2D eigenvalue weighted by Gasteiger charge is -2.22. The molecular formula is C17H18OS. The molecule has 2 aromatic rings. The monoisotopic (exact) mass is 270 g/mol. The summed E-state index contributed by atoms with van der Waals surface area (Å²) in [6.07, 6.45) is 1.94. The fraction of sp³-hybridized carbons (Fsp3) is 0.176. The Balaban J connectivity index is 2.22. The highest BCUT2D eigenvalue weighted by molar-refractivity contribution is 7.99. The number of rotatable bonds is 6. The van der Waals surface area contributed by atoms with E-state index in [0.717, 1.165) is 5.56 Å². The minimum Gasteiger partial charge on any atom is -0.391 e. The van der Waals surface area contributed by atoms with Crippen LogP contribution in [0.5, 0.6) is 0 Å². The molecule has 0 aliphatic heterocycles. The van der Waals surface area contributed by atoms with E-state index in [1.807, 2.05) is 36.4 Å². The van der Waals surface area contributed by atoms with E-state index < -0.39 is 6.10 Å². The third-order valence-electron chi connectivity index (χ3n) is 2.89. The van der Waals surface area contributed by atoms with Crippen LogP contribution in [0.25, 0.3) is 0 Å². The van der Waals surface area contributed by atoms with Gasteiger partial charge in [0.15, 0.2) is 0 Å². The average Bonchev–Trinajstić information content (AvgIpc) is 2.47. The van der Waals surface area contributed by atoms with E-state index in [1.54, 1.807) is 17.8 Å². The summed E-state index contributed by atoms with van der Waals surface area (Å²) < 4.78 is 0. The van der Waals surface area contributed by atoms with E-state index in [1.165, 1.54) is 4.90 Å². The topological polar surface area (TPSA) is 20.2 Å². The molecule has 0 saturated carbocycles. The number of benzene rings is 2. The Hall–Kier alpha value is -1.51. The van der Waals surface area contributed by atoms with Crippen molar-refractivity contribution in [3.05, 3.63) is 78.9 Å². The third-order valence-corrected chi connectivity index (χ3v) is 4.28. The first kappa shape index (κ1) is 13.9. The van der Waals surface area contributed by atoms with Crippen molar-refractivity contribution >= 4 is 11.8 Å². The minimum absolute atomic E-state index is 0.0293. The van der Waals surface area contributed by atoms with Crippen LogP contribution in [0.3, 0.4) is 0 Å². The van der Waals surface area contributed by atoms with Crippen molar-refractivity contribution in [2.75, 3.05) is 0 Å². The van der Waals surface area contributed by atoms with Crippen LogP contribution >= 0.6 is 11.8 Å². The summed E-state index contributed by atoms with van der Waals surface area (Å²) in [6.45, 7) is 3.71. The minimum atomic E-state index is -0.426. The Bertz CT molecular complexity index is 495. The molecule has 0 aliphatic carbocycles. The Kier molecular flexibility index (Phi) is 5.25. The quantitative estimate of drug-likeness (QED) is 0.618. The first-order valence-corrected chi connectivity index (χ1v) is 7.25. The van der Waals surface area contributed by atoms with Gasteiger partial charge in [0.2, 0.25) is 0 Å². The smallest absolute Gasteiger partial charge is 0.0737 e. The lowest BCUT2D eigenvalue weighted by atomic mass is 10.1. The second-order valence-corrected chi connectivity index (χ2v) is 5.57. The second-order valence-electron chi connectivity index (χ2n) is 4.35. The molecule has 2 unspecified atom stereocenters. The Morgan fingerprint density at radius 3 is 2.16 bits per heavy atom. The zero-order chi connectivity index (χ0) is 13.5. The molecule has 2 heteroatoms. The molecule has 1 nitrogen and oxygen atoms in total. The summed E-state index contributed by atoms with van der Waals surface area (Å²) in [7, 11) is 0. The fourth-order valence-corrected chi connectivity index (χ4v) is 3.12. The van der Waals surface area contributed by atoms with Crippen LogP contribution in [-0.4, -0.2) is 11.2 Å². The Morgan fingerprint density at radius 1 is 1.00 bits per heavy atom. The fourth-order valence-electron chi connectivity index (χ4n) is 1.95. The van der Waals surface area contributed by atoms with Crippen LogP contribution in [0.2, 0.25) is 0 Å². The van der Waals surface area contributed by atoms with Gasteiger partial charge in [0.1, 0.15) is 0 Å². The zero-order valence-electron chi connectivity index (χ0n) is 10.8. The van der Waals surface area contributed by atoms with E-state index in [9.17, 15) is 5.11 Å². The van der Waals surface area contributed by atoms with Gasteiger partial charge >= 0.3 is 0 Å². The molecule has 2 rings (SSSR count). The standard InChI is InChI=1S/C17H18OS/c1-2-9-16(18)17(14-10-5-3-6-11-14)19-15-12-7-4-8-13-15/h2-8,10-13,16-18H,1,9H2. The molecule has 0 aliphatic rings. The van der Waals surface area contributed by atoms with Crippen LogP contribution in [-0.2, 0) is 0 Å². The molecule has 0 bridgehead atoms. The van der Waals surface area contributed by atoms with Gasteiger partial charge in [-0.25, -0.2) is 0 Å². The van der Waals surface area contributed by atoms with Gasteiger partial charge in [-0.15, -0.1) is 18.3 Å². The summed E-state index contributed by atoms with van der Waals surface area (Å²) >= 11 is 1.69. The normalized spacial score (nSPS) is 13.7. The van der Waals surface area contributed by atoms with E-state index in [4.69, 9.17) is 0 Å². The highest BCUT2D eigenvalue weighted by Crippen LogP contribution is 2.38. The van der Waals surface area contributed by atoms with Crippen LogP contribution in [0.4, 0.5) is 0 Å². The van der Waals surface area contributed by atoms with Gasteiger partial charge < -0.3 is 5.11 Å². The molecule has 1 N–H and O–H groups in total. The molecule has 0 fully saturated rings. The summed E-state index contributed by atoms with van der Waals surface area (Å²) in [6, 6.07) is 20.3. The van der Waals surface area contributed by atoms with Crippen molar-refractivity contribution in [1.29, 1.82) is 0 Å². The molecule has 2 atom stereocenters. The summed E-state index contributed by atoms with van der Waals surface area (Å²) in [5.74, 6) is 0. The highest BCUT2D eigenvalue weighted by atomic mass is 32.2. The predicted molar refractivity (Wildman–Crippen MR) is 82.3 cm³/mol. The second kappa shape index (κ2) is 7.17. The summed E-state index contributed by atoms with van der Waals surface area (Å²) in [4.78, 5) is 1.17. The summed E-state index contributed by atoms with van der Waals surface area (Å²) in [5, 5.41) is 10.4. The first-order valence-electron chi connectivity index (χ1n) is 6.37. The average molecular weight is 270 g/mol. The molecule has 0 heterocycles. The first-order chi connectivity index (χ1) is 9.31. The molecule has 0 radical (unpaired) electrons. The van der Waals surface area contributed by atoms with Crippen molar-refractivity contribution in [3.8, 4) is 0 Å². The zero-order valence-corrected chi connectivity index (χ0v) is 11.6. The number of hydrogen-bond donors (Lipinski definition) is 1. The number of aliphatic hydroxyl groups excluding tert-OH is 1. The molecule has 19 heavy (non-hydrogen) atoms. The number of hydrogen-bond acceptors (Lipinski definition) is 2. The predicted octanol–water partition coefficient (Wildman–Crippen LogP) is 4.46. The Morgan fingerprint density at radius 2 is 1.58 bits per heavy atom. The maximum absolute atomic E-state index is 10.3. The van der Waals surface area contributed by atoms with Crippen molar-refractivity contribution in [2.45, 2.75) is 22.7 Å². The third kappa shape index (κ3) is 3.98. The SMILES string of the molecule is C=CCC(O)C(Sc1ccccc1)c1ccccc1. The van der Waals surface area contributed by atoms with Crippen molar-refractivity contribution in [2.24, 2.45) is 0 Å². The molecular weight excluding hydrogens is 252 g/mol. The molecule has 2 aromatic carbocycles. The van der Waals surface area contributed by atoms with Gasteiger partial charge in [-0.1, -0.05) is 54.6 Å². The molecule has 0 saturated heterocycles. The molecule has 0 aromatic heterocycles. The van der Waals surface area contributed by atoms with E-state index in [2.05, 4.69) is 30.8 Å². The Labute approximate surface area is 119 Å². The highest BCUT2D eigenvalue weighted by Gasteiger charge is 2.21. The van der Waals surface area contributed by atoms with Gasteiger partial charge in [0, 0.05) is 4.90 Å². The van der Waals surface area contributed by atoms with Gasteiger partial charge in [-0.2, -0.15) is 0 Å². The maximum Gasteiger partial charge on any atom is 0.0737 e. The lowest BCUT2D eigenvalue weighted by molar-refractivity contribution is 0.175. The van der Waals surface area contributed by atoms with E-state index >= 15 is 0 Å². The van der Waals surface area contributed by atoms with Gasteiger partial charge in [-0.05, 0) is 24.1 Å². The lowest BCUT2D eigenvalue weighted by Crippen LogP contribution is -2.14. The van der Waals surface area contributed by atoms with Crippen molar-refractivity contribution < 1.29 is 5.11 Å².